The number of nitrogens with one attached hydrogen (secondary N) is 1. The Hall–Kier alpha value is -4.25. The second kappa shape index (κ2) is 13.4. The van der Waals surface area contributed by atoms with Crippen molar-refractivity contribution in [2.75, 3.05) is 31.0 Å². The van der Waals surface area contributed by atoms with Crippen LogP contribution in [0.4, 0.5) is 5.69 Å². The van der Waals surface area contributed by atoms with E-state index in [2.05, 4.69) is 5.32 Å². The number of hydrogen-bond acceptors (Lipinski definition) is 7. The minimum atomic E-state index is -3.90. The summed E-state index contributed by atoms with van der Waals surface area (Å²) in [4.78, 5) is 29.7. The SMILES string of the molecule is COc1cccc(CN(C(=O)CN(c2ccc3c(c2)OCO3)S(C)(=O)=O)C(Cc2ccccc2)C(=O)NC2CCCC2)c1. The minimum Gasteiger partial charge on any atom is -0.497 e. The molecule has 1 aliphatic carbocycles. The fraction of sp³-hybridized carbons (Fsp3) is 0.375. The molecule has 0 spiro atoms. The van der Waals surface area contributed by atoms with Gasteiger partial charge in [-0.1, -0.05) is 55.3 Å². The molecule has 3 aromatic carbocycles. The standard InChI is InChI=1S/C32H37N3O7S/c1-40-27-14-8-11-24(17-27)20-34(28(18-23-9-4-3-5-10-23)32(37)33-25-12-6-7-13-25)31(36)21-35(43(2,38)39)26-15-16-29-30(19-26)42-22-41-29/h3-5,8-11,14-17,19,25,28H,6-7,12-13,18,20-22H2,1-2H3,(H,33,37). The van der Waals surface area contributed by atoms with Crippen LogP contribution in [0.5, 0.6) is 17.2 Å². The second-order valence-corrected chi connectivity index (χ2v) is 12.8. The van der Waals surface area contributed by atoms with E-state index in [1.807, 2.05) is 42.5 Å². The molecule has 1 N–H and O–H groups in total. The van der Waals surface area contributed by atoms with Gasteiger partial charge in [0.05, 0.1) is 19.1 Å². The zero-order chi connectivity index (χ0) is 30.4. The average Bonchev–Trinajstić information content (AvgIpc) is 3.69. The number of ether oxygens (including phenoxy) is 3. The maximum atomic E-state index is 14.3. The van der Waals surface area contributed by atoms with Crippen molar-refractivity contribution in [1.29, 1.82) is 0 Å². The summed E-state index contributed by atoms with van der Waals surface area (Å²) in [5.74, 6) is 0.715. The van der Waals surface area contributed by atoms with Gasteiger partial charge < -0.3 is 24.4 Å². The van der Waals surface area contributed by atoms with E-state index in [4.69, 9.17) is 14.2 Å². The Labute approximate surface area is 252 Å². The van der Waals surface area contributed by atoms with Crippen LogP contribution in [0.15, 0.2) is 72.8 Å². The van der Waals surface area contributed by atoms with Crippen LogP contribution in [-0.2, 0) is 32.6 Å². The fourth-order valence-corrected chi connectivity index (χ4v) is 6.38. The van der Waals surface area contributed by atoms with Crippen molar-refractivity contribution in [3.63, 3.8) is 0 Å². The number of carbonyl (C=O) groups excluding carboxylic acids is 2. The van der Waals surface area contributed by atoms with Gasteiger partial charge in [-0.3, -0.25) is 13.9 Å². The molecule has 2 amide bonds. The Morgan fingerprint density at radius 2 is 1.67 bits per heavy atom. The number of amides is 2. The first-order chi connectivity index (χ1) is 20.7. The van der Waals surface area contributed by atoms with E-state index < -0.39 is 28.5 Å². The molecule has 0 aromatic heterocycles. The van der Waals surface area contributed by atoms with Crippen LogP contribution in [0.2, 0.25) is 0 Å². The zero-order valence-corrected chi connectivity index (χ0v) is 25.2. The summed E-state index contributed by atoms with van der Waals surface area (Å²) >= 11 is 0. The molecule has 5 rings (SSSR count). The highest BCUT2D eigenvalue weighted by molar-refractivity contribution is 7.92. The normalized spacial score (nSPS) is 15.1. The summed E-state index contributed by atoms with van der Waals surface area (Å²) in [7, 11) is -2.34. The summed E-state index contributed by atoms with van der Waals surface area (Å²) in [6.07, 6.45) is 5.17. The fourth-order valence-electron chi connectivity index (χ4n) is 5.54. The van der Waals surface area contributed by atoms with Gasteiger partial charge in [0.2, 0.25) is 28.6 Å². The third-order valence-electron chi connectivity index (χ3n) is 7.78. The number of rotatable bonds is 12. The first-order valence-corrected chi connectivity index (χ1v) is 16.2. The molecule has 2 aliphatic rings. The molecule has 1 unspecified atom stereocenters. The van der Waals surface area contributed by atoms with Crippen LogP contribution < -0.4 is 23.8 Å². The minimum absolute atomic E-state index is 0.0299. The highest BCUT2D eigenvalue weighted by Crippen LogP contribution is 2.36. The molecule has 1 aliphatic heterocycles. The molecule has 3 aromatic rings. The average molecular weight is 608 g/mol. The first-order valence-electron chi connectivity index (χ1n) is 14.4. The van der Waals surface area contributed by atoms with Gasteiger partial charge in [-0.15, -0.1) is 0 Å². The topological polar surface area (TPSA) is 114 Å². The van der Waals surface area contributed by atoms with Crippen molar-refractivity contribution in [1.82, 2.24) is 10.2 Å². The van der Waals surface area contributed by atoms with Gasteiger partial charge in [-0.2, -0.15) is 0 Å². The third kappa shape index (κ3) is 7.59. The van der Waals surface area contributed by atoms with Crippen molar-refractivity contribution in [3.05, 3.63) is 83.9 Å². The van der Waals surface area contributed by atoms with E-state index in [1.165, 1.54) is 11.0 Å². The van der Waals surface area contributed by atoms with Crippen molar-refractivity contribution in [2.24, 2.45) is 0 Å². The molecule has 43 heavy (non-hydrogen) atoms. The third-order valence-corrected chi connectivity index (χ3v) is 8.92. The molecule has 0 bridgehead atoms. The maximum absolute atomic E-state index is 14.3. The molecule has 1 saturated carbocycles. The van der Waals surface area contributed by atoms with E-state index in [9.17, 15) is 18.0 Å². The van der Waals surface area contributed by atoms with Crippen LogP contribution in [0.1, 0.15) is 36.8 Å². The van der Waals surface area contributed by atoms with Gasteiger partial charge in [0.1, 0.15) is 18.3 Å². The molecule has 11 heteroatoms. The van der Waals surface area contributed by atoms with Crippen LogP contribution in [0, 0.1) is 0 Å². The number of hydrogen-bond donors (Lipinski definition) is 1. The lowest BCUT2D eigenvalue weighted by Gasteiger charge is -2.34. The number of benzene rings is 3. The molecular formula is C32H37N3O7S. The van der Waals surface area contributed by atoms with Gasteiger partial charge >= 0.3 is 0 Å². The Balaban J connectivity index is 1.51. The summed E-state index contributed by atoms with van der Waals surface area (Å²) in [5.41, 5.74) is 1.89. The Kier molecular flexibility index (Phi) is 9.40. The summed E-state index contributed by atoms with van der Waals surface area (Å²) in [5, 5.41) is 3.17. The van der Waals surface area contributed by atoms with Gasteiger partial charge in [0.15, 0.2) is 11.5 Å². The largest absolute Gasteiger partial charge is 0.497 e. The molecule has 1 fully saturated rings. The maximum Gasteiger partial charge on any atom is 0.244 e. The summed E-state index contributed by atoms with van der Waals surface area (Å²) < 4.78 is 43.3. The number of sulfonamides is 1. The zero-order valence-electron chi connectivity index (χ0n) is 24.4. The Bertz CT molecular complexity index is 1540. The highest BCUT2D eigenvalue weighted by Gasteiger charge is 2.34. The van der Waals surface area contributed by atoms with E-state index in [-0.39, 0.29) is 37.4 Å². The van der Waals surface area contributed by atoms with Gasteiger partial charge in [-0.05, 0) is 48.2 Å². The first kappa shape index (κ1) is 30.2. The predicted molar refractivity (Wildman–Crippen MR) is 163 cm³/mol. The number of nitrogens with zero attached hydrogens (tertiary/aromatic N) is 2. The smallest absolute Gasteiger partial charge is 0.244 e. The second-order valence-electron chi connectivity index (χ2n) is 10.9. The van der Waals surface area contributed by atoms with Crippen molar-refractivity contribution < 1.29 is 32.2 Å². The van der Waals surface area contributed by atoms with Crippen LogP contribution in [0.3, 0.4) is 0 Å². The molecule has 10 nitrogen and oxygen atoms in total. The molecule has 0 saturated heterocycles. The monoisotopic (exact) mass is 607 g/mol. The lowest BCUT2D eigenvalue weighted by Crippen LogP contribution is -2.54. The van der Waals surface area contributed by atoms with Crippen LogP contribution in [-0.4, -0.2) is 63.9 Å². The van der Waals surface area contributed by atoms with Crippen molar-refractivity contribution in [2.45, 2.75) is 50.7 Å². The van der Waals surface area contributed by atoms with Crippen molar-refractivity contribution in [3.8, 4) is 17.2 Å². The van der Waals surface area contributed by atoms with Gasteiger partial charge in [0.25, 0.3) is 0 Å². The van der Waals surface area contributed by atoms with E-state index >= 15 is 0 Å². The van der Waals surface area contributed by atoms with Crippen LogP contribution >= 0.6 is 0 Å². The number of carbonyl (C=O) groups is 2. The lowest BCUT2D eigenvalue weighted by molar-refractivity contribution is -0.140. The van der Waals surface area contributed by atoms with Crippen molar-refractivity contribution >= 4 is 27.5 Å². The number of anilines is 1. The van der Waals surface area contributed by atoms with Gasteiger partial charge in [0, 0.05) is 25.1 Å². The number of fused-ring (bicyclic) bond motifs is 1. The Morgan fingerprint density at radius 1 is 0.953 bits per heavy atom. The van der Waals surface area contributed by atoms with Gasteiger partial charge in [-0.25, -0.2) is 8.42 Å². The quantitative estimate of drug-likeness (QED) is 0.332. The Morgan fingerprint density at radius 3 is 2.40 bits per heavy atom. The lowest BCUT2D eigenvalue weighted by atomic mass is 10.0. The van der Waals surface area contributed by atoms with Crippen LogP contribution in [0.25, 0.3) is 0 Å². The molecule has 228 valence electrons. The molecule has 0 radical (unpaired) electrons. The molecular weight excluding hydrogens is 570 g/mol. The van der Waals surface area contributed by atoms with E-state index in [1.54, 1.807) is 31.4 Å². The predicted octanol–water partition coefficient (Wildman–Crippen LogP) is 3.89. The number of methoxy groups -OCH3 is 1. The molecule has 1 heterocycles. The molecule has 1 atom stereocenters. The van der Waals surface area contributed by atoms with E-state index in [0.29, 0.717) is 17.2 Å². The summed E-state index contributed by atoms with van der Waals surface area (Å²) in [6.45, 7) is -0.406. The van der Waals surface area contributed by atoms with E-state index in [0.717, 1.165) is 47.4 Å². The highest BCUT2D eigenvalue weighted by atomic mass is 32.2. The summed E-state index contributed by atoms with van der Waals surface area (Å²) in [6, 6.07) is 20.7.